The van der Waals surface area contributed by atoms with E-state index in [1.165, 1.54) is 0 Å². The van der Waals surface area contributed by atoms with E-state index >= 15 is 0 Å². The SMILES string of the molecule is CC(C)(C)[Si](C)(C)OC(O)[C@@](O)(O[Si](C)(C)C(C)(C)C)[C@@](O)(O[Si](C)(C)C(C)(C)C)[C@@](O)(O[Si](C)(C)C(C)(C)C)C(O)OCc1ccccc1. The van der Waals surface area contributed by atoms with Crippen LogP contribution in [0.3, 0.4) is 0 Å². The average Bonchev–Trinajstić information content (AvgIpc) is 2.88. The summed E-state index contributed by atoms with van der Waals surface area (Å²) < 4.78 is 32.4. The Morgan fingerprint density at radius 1 is 0.500 bits per heavy atom. The molecular weight excluding hydrogens is 705 g/mol. The van der Waals surface area contributed by atoms with Crippen LogP contribution in [0.2, 0.25) is 72.5 Å². The van der Waals surface area contributed by atoms with Gasteiger partial charge in [0.15, 0.2) is 33.3 Å². The summed E-state index contributed by atoms with van der Waals surface area (Å²) in [6.07, 6.45) is -4.59. The predicted octanol–water partition coefficient (Wildman–Crippen LogP) is 7.99. The van der Waals surface area contributed by atoms with Gasteiger partial charge in [-0.3, -0.25) is 0 Å². The summed E-state index contributed by atoms with van der Waals surface area (Å²) in [5, 5.41) is 62.1. The summed E-state index contributed by atoms with van der Waals surface area (Å²) in [6, 6.07) is 9.02. The standard InChI is InChI=1S/C36H74O10Si4/c1-30(2,3)47(13,14)43-29(38)35(40,45-49(17,18)32(7,8)9)36(41,46-50(19,20)33(10,11)12)34(39,44-48(15,16)31(4,5)6)28(37)42-26-27-24-22-21-23-25-27/h21-25,28-29,37-41H,26H2,1-20H3/t28?,29?,34-,35+,36-/m0/s1. The van der Waals surface area contributed by atoms with Crippen LogP contribution in [0.25, 0.3) is 0 Å². The summed E-state index contributed by atoms with van der Waals surface area (Å²) in [4.78, 5) is 0. The van der Waals surface area contributed by atoms with Crippen molar-refractivity contribution in [3.8, 4) is 0 Å². The molecule has 0 aromatic heterocycles. The lowest BCUT2D eigenvalue weighted by Gasteiger charge is -2.60. The van der Waals surface area contributed by atoms with Gasteiger partial charge in [-0.25, -0.2) is 0 Å². The zero-order valence-corrected chi connectivity index (χ0v) is 39.0. The van der Waals surface area contributed by atoms with Crippen LogP contribution in [0.5, 0.6) is 0 Å². The second-order valence-electron chi connectivity index (χ2n) is 20.0. The van der Waals surface area contributed by atoms with Crippen molar-refractivity contribution >= 4 is 33.3 Å². The van der Waals surface area contributed by atoms with Crippen LogP contribution in [0, 0.1) is 0 Å². The Morgan fingerprint density at radius 3 is 1.16 bits per heavy atom. The normalized spacial score (nSPS) is 19.7. The second-order valence-corrected chi connectivity index (χ2v) is 38.9. The molecule has 0 radical (unpaired) electrons. The van der Waals surface area contributed by atoms with E-state index in [2.05, 4.69) is 0 Å². The summed E-state index contributed by atoms with van der Waals surface area (Å²) >= 11 is 0. The average molecular weight is 779 g/mol. The fourth-order valence-corrected chi connectivity index (χ4v) is 9.04. The van der Waals surface area contributed by atoms with Gasteiger partial charge in [0.2, 0.25) is 12.6 Å². The third kappa shape index (κ3) is 10.1. The zero-order valence-electron chi connectivity index (χ0n) is 35.0. The molecule has 0 amide bonds. The summed E-state index contributed by atoms with van der Waals surface area (Å²) in [7, 11) is -12.7. The Morgan fingerprint density at radius 2 is 0.820 bits per heavy atom. The van der Waals surface area contributed by atoms with Gasteiger partial charge in [0.05, 0.1) is 6.61 Å². The van der Waals surface area contributed by atoms with E-state index < -0.39 is 83.4 Å². The van der Waals surface area contributed by atoms with E-state index in [0.717, 1.165) is 0 Å². The first-order valence-electron chi connectivity index (χ1n) is 17.7. The number of hydrogen-bond donors (Lipinski definition) is 5. The van der Waals surface area contributed by atoms with E-state index in [1.54, 1.807) is 24.3 Å². The molecule has 0 heterocycles. The molecule has 50 heavy (non-hydrogen) atoms. The molecule has 0 aliphatic carbocycles. The van der Waals surface area contributed by atoms with Crippen molar-refractivity contribution in [2.75, 3.05) is 0 Å². The van der Waals surface area contributed by atoms with Gasteiger partial charge < -0.3 is 48.0 Å². The minimum absolute atomic E-state index is 0.189. The Balaban J connectivity index is 4.47. The maximum atomic E-state index is 13.5. The highest BCUT2D eigenvalue weighted by Crippen LogP contribution is 2.53. The lowest BCUT2D eigenvalue weighted by atomic mass is 9.95. The minimum atomic E-state index is -3.40. The molecule has 1 rings (SSSR count). The highest BCUT2D eigenvalue weighted by molar-refractivity contribution is 6.75. The van der Waals surface area contributed by atoms with Gasteiger partial charge in [0, 0.05) is 0 Å². The third-order valence-corrected chi connectivity index (χ3v) is 29.5. The van der Waals surface area contributed by atoms with Gasteiger partial charge in [-0.05, 0) is 78.1 Å². The van der Waals surface area contributed by atoms with Crippen molar-refractivity contribution in [3.05, 3.63) is 35.9 Å². The molecule has 1 aromatic carbocycles. The van der Waals surface area contributed by atoms with Crippen LogP contribution in [0.15, 0.2) is 30.3 Å². The Bertz CT molecular complexity index is 1250. The molecule has 5 atom stereocenters. The maximum absolute atomic E-state index is 13.5. The first-order valence-corrected chi connectivity index (χ1v) is 29.4. The molecule has 0 spiro atoms. The van der Waals surface area contributed by atoms with Crippen LogP contribution < -0.4 is 0 Å². The smallest absolute Gasteiger partial charge is 0.276 e. The summed E-state index contributed by atoms with van der Waals surface area (Å²) in [6.45, 7) is 37.8. The van der Waals surface area contributed by atoms with E-state index in [4.69, 9.17) is 22.4 Å². The van der Waals surface area contributed by atoms with E-state index in [0.29, 0.717) is 5.56 Å². The molecule has 0 bridgehead atoms. The van der Waals surface area contributed by atoms with Gasteiger partial charge in [-0.1, -0.05) is 113 Å². The molecule has 0 saturated heterocycles. The summed E-state index contributed by atoms with van der Waals surface area (Å²) in [5.41, 5.74) is 0.671. The Hall–Kier alpha value is -0.312. The molecule has 1 aromatic rings. The van der Waals surface area contributed by atoms with Crippen molar-refractivity contribution in [1.82, 2.24) is 0 Å². The lowest BCUT2D eigenvalue weighted by Crippen LogP contribution is -2.83. The maximum Gasteiger partial charge on any atom is 0.276 e. The molecule has 0 aliphatic rings. The van der Waals surface area contributed by atoms with E-state index in [-0.39, 0.29) is 6.61 Å². The molecule has 294 valence electrons. The van der Waals surface area contributed by atoms with Crippen molar-refractivity contribution in [3.63, 3.8) is 0 Å². The largest absolute Gasteiger partial charge is 0.388 e. The first-order chi connectivity index (χ1) is 21.7. The van der Waals surface area contributed by atoms with Crippen molar-refractivity contribution in [2.45, 2.75) is 192 Å². The van der Waals surface area contributed by atoms with Gasteiger partial charge >= 0.3 is 0 Å². The topological polar surface area (TPSA) is 147 Å². The van der Waals surface area contributed by atoms with Crippen LogP contribution in [-0.4, -0.2) is 88.7 Å². The van der Waals surface area contributed by atoms with Crippen molar-refractivity contribution in [1.29, 1.82) is 0 Å². The number of hydrogen-bond acceptors (Lipinski definition) is 10. The predicted molar refractivity (Wildman–Crippen MR) is 211 cm³/mol. The van der Waals surface area contributed by atoms with Crippen molar-refractivity contribution < 1.29 is 48.0 Å². The molecule has 0 aliphatic heterocycles. The number of ether oxygens (including phenoxy) is 1. The zero-order chi connectivity index (χ0) is 40.0. The molecule has 0 saturated carbocycles. The number of rotatable bonds is 15. The summed E-state index contributed by atoms with van der Waals surface area (Å²) in [5.74, 6) is -9.86. The Kier molecular flexibility index (Phi) is 14.4. The minimum Gasteiger partial charge on any atom is -0.388 e. The molecule has 2 unspecified atom stereocenters. The van der Waals surface area contributed by atoms with Gasteiger partial charge in [-0.15, -0.1) is 0 Å². The van der Waals surface area contributed by atoms with Crippen LogP contribution in [0.1, 0.15) is 88.6 Å². The monoisotopic (exact) mass is 778 g/mol. The van der Waals surface area contributed by atoms with Crippen molar-refractivity contribution in [2.24, 2.45) is 0 Å². The van der Waals surface area contributed by atoms with Gasteiger partial charge in [0.1, 0.15) is 0 Å². The quantitative estimate of drug-likeness (QED) is 0.0877. The highest BCUT2D eigenvalue weighted by atomic mass is 28.4. The van der Waals surface area contributed by atoms with Crippen LogP contribution >= 0.6 is 0 Å². The fraction of sp³-hybridized carbons (Fsp3) is 0.833. The van der Waals surface area contributed by atoms with Gasteiger partial charge in [0.25, 0.3) is 17.4 Å². The number of aliphatic hydroxyl groups excluding tert-OH is 2. The highest BCUT2D eigenvalue weighted by Gasteiger charge is 2.76. The molecule has 5 N–H and O–H groups in total. The number of benzene rings is 1. The second kappa shape index (κ2) is 15.1. The van der Waals surface area contributed by atoms with Crippen LogP contribution in [0.4, 0.5) is 0 Å². The third-order valence-electron chi connectivity index (χ3n) is 11.7. The van der Waals surface area contributed by atoms with Gasteiger partial charge in [-0.2, -0.15) is 0 Å². The Labute approximate surface area is 308 Å². The fourth-order valence-electron chi connectivity index (χ4n) is 3.98. The molecular formula is C36H74O10Si4. The molecule has 0 fully saturated rings. The van der Waals surface area contributed by atoms with E-state index in [9.17, 15) is 25.5 Å². The molecule has 14 heteroatoms. The molecule has 10 nitrogen and oxygen atoms in total. The lowest BCUT2D eigenvalue weighted by molar-refractivity contribution is -0.491. The van der Waals surface area contributed by atoms with E-state index in [1.807, 2.05) is 142 Å². The number of aliphatic hydroxyl groups is 5. The first kappa shape index (κ1) is 47.7. The van der Waals surface area contributed by atoms with Crippen LogP contribution in [-0.2, 0) is 29.0 Å².